The molecule has 0 saturated heterocycles. The van der Waals surface area contributed by atoms with E-state index in [1.807, 2.05) is 18.2 Å². The summed E-state index contributed by atoms with van der Waals surface area (Å²) < 4.78 is 5.52. The highest BCUT2D eigenvalue weighted by Gasteiger charge is 2.54. The Bertz CT molecular complexity index is 647. The Morgan fingerprint density at radius 1 is 1.24 bits per heavy atom. The van der Waals surface area contributed by atoms with E-state index < -0.39 is 0 Å². The number of nitrogens with one attached hydrogen (secondary N) is 1. The lowest BCUT2D eigenvalue weighted by atomic mass is 9.65. The Morgan fingerprint density at radius 2 is 1.92 bits per heavy atom. The van der Waals surface area contributed by atoms with Gasteiger partial charge >= 0.3 is 0 Å². The zero-order chi connectivity index (χ0) is 17.6. The summed E-state index contributed by atoms with van der Waals surface area (Å²) in [6.07, 6.45) is 6.61. The van der Waals surface area contributed by atoms with Crippen LogP contribution in [0.25, 0.3) is 0 Å². The minimum absolute atomic E-state index is 0.0107. The molecule has 2 bridgehead atoms. The van der Waals surface area contributed by atoms with Crippen LogP contribution < -0.4 is 15.8 Å². The number of carbonyl (C=O) groups is 1. The Morgan fingerprint density at radius 3 is 2.60 bits per heavy atom. The predicted octanol–water partition coefficient (Wildman–Crippen LogP) is 3.00. The van der Waals surface area contributed by atoms with Gasteiger partial charge in [0.05, 0.1) is 7.11 Å². The summed E-state index contributed by atoms with van der Waals surface area (Å²) >= 11 is 0. The van der Waals surface area contributed by atoms with Crippen LogP contribution in [0, 0.1) is 17.8 Å². The molecule has 3 N–H and O–H groups in total. The molecule has 4 nitrogen and oxygen atoms in total. The molecule has 4 rings (SSSR count). The van der Waals surface area contributed by atoms with Crippen molar-refractivity contribution in [1.29, 1.82) is 0 Å². The van der Waals surface area contributed by atoms with E-state index in [-0.39, 0.29) is 23.3 Å². The maximum atomic E-state index is 12.9. The lowest BCUT2D eigenvalue weighted by molar-refractivity contribution is -0.128. The molecule has 0 aliphatic heterocycles. The number of ether oxygens (including phenoxy) is 1. The third-order valence-electron chi connectivity index (χ3n) is 7.06. The number of benzene rings is 1. The highest BCUT2D eigenvalue weighted by molar-refractivity contribution is 5.80. The number of para-hydroxylation sites is 1. The summed E-state index contributed by atoms with van der Waals surface area (Å²) in [5.74, 6) is 2.40. The third kappa shape index (κ3) is 2.95. The Hall–Kier alpha value is -1.55. The third-order valence-corrected chi connectivity index (χ3v) is 7.06. The van der Waals surface area contributed by atoms with Crippen molar-refractivity contribution < 1.29 is 9.53 Å². The summed E-state index contributed by atoms with van der Waals surface area (Å²) in [5.41, 5.74) is 7.55. The summed E-state index contributed by atoms with van der Waals surface area (Å²) in [4.78, 5) is 12.9. The fourth-order valence-corrected chi connectivity index (χ4v) is 5.28. The van der Waals surface area contributed by atoms with Crippen LogP contribution in [0.1, 0.15) is 51.0 Å². The first-order chi connectivity index (χ1) is 12.0. The second kappa shape index (κ2) is 6.31. The topological polar surface area (TPSA) is 64.3 Å². The van der Waals surface area contributed by atoms with Crippen molar-refractivity contribution in [2.45, 2.75) is 62.9 Å². The molecular weight excluding hydrogens is 312 g/mol. The van der Waals surface area contributed by atoms with Crippen molar-refractivity contribution >= 4 is 5.91 Å². The average Bonchev–Trinajstić information content (AvgIpc) is 3.25. The highest BCUT2D eigenvalue weighted by atomic mass is 16.5. The number of amides is 1. The summed E-state index contributed by atoms with van der Waals surface area (Å²) in [7, 11) is 1.71. The zero-order valence-corrected chi connectivity index (χ0v) is 15.3. The maximum absolute atomic E-state index is 12.9. The molecule has 3 aliphatic carbocycles. The molecule has 1 amide bonds. The maximum Gasteiger partial charge on any atom is 0.223 e. The van der Waals surface area contributed by atoms with Crippen LogP contribution in [0.3, 0.4) is 0 Å². The van der Waals surface area contributed by atoms with E-state index in [9.17, 15) is 4.79 Å². The zero-order valence-electron chi connectivity index (χ0n) is 15.3. The van der Waals surface area contributed by atoms with Gasteiger partial charge < -0.3 is 15.8 Å². The van der Waals surface area contributed by atoms with Gasteiger partial charge in [-0.05, 0) is 50.0 Å². The lowest BCUT2D eigenvalue weighted by Gasteiger charge is -2.43. The van der Waals surface area contributed by atoms with E-state index in [4.69, 9.17) is 10.5 Å². The van der Waals surface area contributed by atoms with E-state index >= 15 is 0 Å². The van der Waals surface area contributed by atoms with Gasteiger partial charge in [0.25, 0.3) is 0 Å². The Kier molecular flexibility index (Phi) is 4.27. The molecule has 136 valence electrons. The molecule has 0 radical (unpaired) electrons. The van der Waals surface area contributed by atoms with E-state index in [0.717, 1.165) is 25.0 Å². The van der Waals surface area contributed by atoms with Gasteiger partial charge in [-0.3, -0.25) is 4.79 Å². The van der Waals surface area contributed by atoms with Crippen LogP contribution in [-0.4, -0.2) is 25.1 Å². The molecule has 1 aromatic rings. The van der Waals surface area contributed by atoms with Gasteiger partial charge in [0.15, 0.2) is 0 Å². The molecule has 1 aromatic carbocycles. The molecule has 4 heteroatoms. The van der Waals surface area contributed by atoms with Crippen LogP contribution >= 0.6 is 0 Å². The fourth-order valence-electron chi connectivity index (χ4n) is 5.28. The van der Waals surface area contributed by atoms with Gasteiger partial charge in [0.1, 0.15) is 5.75 Å². The van der Waals surface area contributed by atoms with Crippen molar-refractivity contribution in [3.05, 3.63) is 29.8 Å². The van der Waals surface area contributed by atoms with Crippen molar-refractivity contribution in [3.8, 4) is 5.75 Å². The quantitative estimate of drug-likeness (QED) is 0.884. The first-order valence-corrected chi connectivity index (χ1v) is 9.72. The van der Waals surface area contributed by atoms with Gasteiger partial charge in [-0.25, -0.2) is 0 Å². The van der Waals surface area contributed by atoms with Crippen LogP contribution in [-0.2, 0) is 10.2 Å². The second-order valence-electron chi connectivity index (χ2n) is 8.58. The molecule has 3 aliphatic rings. The minimum atomic E-state index is -0.0107. The van der Waals surface area contributed by atoms with E-state index in [2.05, 4.69) is 18.3 Å². The molecule has 3 fully saturated rings. The smallest absolute Gasteiger partial charge is 0.223 e. The van der Waals surface area contributed by atoms with Crippen molar-refractivity contribution in [1.82, 2.24) is 5.32 Å². The molecule has 0 heterocycles. The molecular formula is C21H30N2O2. The minimum Gasteiger partial charge on any atom is -0.496 e. The number of rotatable bonds is 4. The first kappa shape index (κ1) is 16.9. The monoisotopic (exact) mass is 342 g/mol. The van der Waals surface area contributed by atoms with Crippen LogP contribution in [0.2, 0.25) is 0 Å². The first-order valence-electron chi connectivity index (χ1n) is 9.72. The van der Waals surface area contributed by atoms with Crippen molar-refractivity contribution in [2.75, 3.05) is 7.11 Å². The molecule has 0 aromatic heterocycles. The van der Waals surface area contributed by atoms with E-state index in [1.165, 1.54) is 24.8 Å². The van der Waals surface area contributed by atoms with Crippen LogP contribution in [0.5, 0.6) is 5.75 Å². The van der Waals surface area contributed by atoms with Crippen molar-refractivity contribution in [2.24, 2.45) is 23.5 Å². The number of methoxy groups -OCH3 is 1. The predicted molar refractivity (Wildman–Crippen MR) is 98.4 cm³/mol. The van der Waals surface area contributed by atoms with Gasteiger partial charge in [-0.1, -0.05) is 31.5 Å². The molecule has 3 saturated carbocycles. The van der Waals surface area contributed by atoms with E-state index in [0.29, 0.717) is 17.9 Å². The second-order valence-corrected chi connectivity index (χ2v) is 8.58. The highest BCUT2D eigenvalue weighted by Crippen LogP contribution is 2.51. The van der Waals surface area contributed by atoms with Gasteiger partial charge in [0.2, 0.25) is 5.91 Å². The van der Waals surface area contributed by atoms with Crippen LogP contribution in [0.15, 0.2) is 24.3 Å². The fraction of sp³-hybridized carbons (Fsp3) is 0.667. The normalized spacial score (nSPS) is 39.6. The molecule has 0 spiro atoms. The number of hydrogen-bond donors (Lipinski definition) is 2. The van der Waals surface area contributed by atoms with Crippen LogP contribution in [0.4, 0.5) is 0 Å². The standard InChI is InChI=1S/C21H30N2O2/c1-21(16-8-3-4-9-17(16)25-2)12-18(21)23-20(24)15-10-13-6-5-7-14(11-15)19(13)22/h3-4,8-9,13-15,18-19H,5-7,10-12,22H2,1-2H3,(H,23,24). The average molecular weight is 342 g/mol. The number of hydrogen-bond acceptors (Lipinski definition) is 3. The Balaban J connectivity index is 1.41. The van der Waals surface area contributed by atoms with Crippen molar-refractivity contribution in [3.63, 3.8) is 0 Å². The summed E-state index contributed by atoms with van der Waals surface area (Å²) in [6.45, 7) is 2.22. The molecule has 4 unspecified atom stereocenters. The summed E-state index contributed by atoms with van der Waals surface area (Å²) in [5, 5.41) is 3.33. The number of nitrogens with two attached hydrogens (primary N) is 1. The Labute approximate surface area is 150 Å². The summed E-state index contributed by atoms with van der Waals surface area (Å²) in [6, 6.07) is 8.69. The SMILES string of the molecule is COc1ccccc1C1(C)CC1NC(=O)C1CC2CCCC(C1)C2N. The number of carbonyl (C=O) groups excluding carboxylic acids is 1. The van der Waals surface area contributed by atoms with Gasteiger partial charge in [0, 0.05) is 29.0 Å². The lowest BCUT2D eigenvalue weighted by Crippen LogP contribution is -2.49. The number of fused-ring (bicyclic) bond motifs is 2. The van der Waals surface area contributed by atoms with Gasteiger partial charge in [-0.15, -0.1) is 0 Å². The van der Waals surface area contributed by atoms with E-state index in [1.54, 1.807) is 7.11 Å². The molecule has 25 heavy (non-hydrogen) atoms. The van der Waals surface area contributed by atoms with Gasteiger partial charge in [-0.2, -0.15) is 0 Å². The molecule has 4 atom stereocenters. The largest absolute Gasteiger partial charge is 0.496 e.